The summed E-state index contributed by atoms with van der Waals surface area (Å²) in [7, 11) is -1.83. The maximum Gasteiger partial charge on any atom is 0.251 e. The van der Waals surface area contributed by atoms with Crippen molar-refractivity contribution in [3.63, 3.8) is 0 Å². The number of anilines is 1. The fourth-order valence-corrected chi connectivity index (χ4v) is 3.55. The van der Waals surface area contributed by atoms with E-state index in [9.17, 15) is 13.2 Å². The zero-order valence-electron chi connectivity index (χ0n) is 14.5. The molecule has 25 heavy (non-hydrogen) atoms. The van der Waals surface area contributed by atoms with Crippen LogP contribution in [0.4, 0.5) is 5.69 Å². The molecule has 0 saturated heterocycles. The van der Waals surface area contributed by atoms with Gasteiger partial charge in [-0.15, -0.1) is 0 Å². The number of rotatable bonds is 8. The summed E-state index contributed by atoms with van der Waals surface area (Å²) in [6, 6.07) is 8.75. The highest BCUT2D eigenvalue weighted by Crippen LogP contribution is 2.22. The first kappa shape index (κ1) is 19.4. The van der Waals surface area contributed by atoms with Gasteiger partial charge in [0, 0.05) is 24.9 Å². The van der Waals surface area contributed by atoms with Crippen LogP contribution in [0, 0.1) is 6.92 Å². The van der Waals surface area contributed by atoms with Crippen LogP contribution in [0.25, 0.3) is 0 Å². The first-order valence-corrected chi connectivity index (χ1v) is 10.7. The Bertz CT molecular complexity index is 817. The Hall–Kier alpha value is -1.93. The van der Waals surface area contributed by atoms with Crippen LogP contribution in [0.3, 0.4) is 0 Å². The van der Waals surface area contributed by atoms with Crippen molar-refractivity contribution in [3.8, 4) is 0 Å². The van der Waals surface area contributed by atoms with Gasteiger partial charge >= 0.3 is 0 Å². The number of benzene rings is 1. The minimum atomic E-state index is -3.33. The van der Waals surface area contributed by atoms with Gasteiger partial charge in [-0.05, 0) is 42.8 Å². The van der Waals surface area contributed by atoms with E-state index in [0.29, 0.717) is 17.8 Å². The number of amides is 1. The number of nitrogens with zero attached hydrogens (tertiary/aromatic N) is 1. The Morgan fingerprint density at radius 3 is 2.68 bits per heavy atom. The van der Waals surface area contributed by atoms with Crippen LogP contribution in [0.15, 0.2) is 41.0 Å². The summed E-state index contributed by atoms with van der Waals surface area (Å²) in [4.78, 5) is 12.2. The van der Waals surface area contributed by atoms with Crippen molar-refractivity contribution in [2.24, 2.45) is 0 Å². The van der Waals surface area contributed by atoms with Crippen LogP contribution in [0.1, 0.15) is 21.7 Å². The number of aryl methyl sites for hydroxylation is 1. The molecule has 0 aliphatic heterocycles. The van der Waals surface area contributed by atoms with E-state index in [2.05, 4.69) is 5.32 Å². The monoisotopic (exact) mass is 382 g/mol. The van der Waals surface area contributed by atoms with E-state index < -0.39 is 10.0 Å². The van der Waals surface area contributed by atoms with Crippen LogP contribution >= 0.6 is 11.8 Å². The molecule has 0 aliphatic carbocycles. The molecule has 1 heterocycles. The van der Waals surface area contributed by atoms with Gasteiger partial charge in [-0.2, -0.15) is 11.8 Å². The van der Waals surface area contributed by atoms with E-state index in [1.807, 2.05) is 12.1 Å². The Balaban J connectivity index is 1.86. The van der Waals surface area contributed by atoms with Gasteiger partial charge in [-0.3, -0.25) is 9.10 Å². The maximum absolute atomic E-state index is 12.2. The van der Waals surface area contributed by atoms with Gasteiger partial charge < -0.3 is 9.73 Å². The second-order valence-electron chi connectivity index (χ2n) is 5.62. The summed E-state index contributed by atoms with van der Waals surface area (Å²) in [5.41, 5.74) is 1.81. The van der Waals surface area contributed by atoms with Gasteiger partial charge in [0.05, 0.1) is 24.0 Å². The first-order chi connectivity index (χ1) is 11.8. The lowest BCUT2D eigenvalue weighted by Gasteiger charge is -2.19. The lowest BCUT2D eigenvalue weighted by molar-refractivity contribution is 0.0956. The zero-order valence-corrected chi connectivity index (χ0v) is 16.1. The summed E-state index contributed by atoms with van der Waals surface area (Å²) < 4.78 is 29.7. The van der Waals surface area contributed by atoms with Crippen molar-refractivity contribution in [3.05, 3.63) is 53.5 Å². The van der Waals surface area contributed by atoms with Gasteiger partial charge in [0.2, 0.25) is 10.0 Å². The maximum atomic E-state index is 12.2. The average molecular weight is 383 g/mol. The van der Waals surface area contributed by atoms with Gasteiger partial charge in [-0.1, -0.05) is 0 Å². The molecule has 6 nitrogen and oxygen atoms in total. The summed E-state index contributed by atoms with van der Waals surface area (Å²) in [6.45, 7) is 2.33. The van der Waals surface area contributed by atoms with Crippen molar-refractivity contribution >= 4 is 33.4 Å². The third-order valence-electron chi connectivity index (χ3n) is 3.65. The number of nitrogens with one attached hydrogen (secondary N) is 1. The summed E-state index contributed by atoms with van der Waals surface area (Å²) in [5.74, 6) is 2.29. The quantitative estimate of drug-likeness (QED) is 0.710. The molecule has 1 amide bonds. The molecule has 0 aliphatic rings. The lowest BCUT2D eigenvalue weighted by atomic mass is 10.1. The molecule has 2 aromatic rings. The van der Waals surface area contributed by atoms with Crippen LogP contribution in [-0.4, -0.2) is 39.9 Å². The topological polar surface area (TPSA) is 79.6 Å². The van der Waals surface area contributed by atoms with E-state index >= 15 is 0 Å². The zero-order chi connectivity index (χ0) is 18.4. The largest absolute Gasteiger partial charge is 0.468 e. The molecule has 1 N–H and O–H groups in total. The fraction of sp³-hybridized carbons (Fsp3) is 0.353. The number of furan rings is 1. The molecule has 0 saturated carbocycles. The van der Waals surface area contributed by atoms with Gasteiger partial charge in [0.15, 0.2) is 0 Å². The number of hydrogen-bond acceptors (Lipinski definition) is 5. The second-order valence-corrected chi connectivity index (χ2v) is 8.74. The minimum absolute atomic E-state index is 0.171. The SMILES string of the molecule is Cc1cc(C(=O)NCCSCc2ccco2)ccc1N(C)S(C)(=O)=O. The molecule has 0 atom stereocenters. The molecule has 136 valence electrons. The highest BCUT2D eigenvalue weighted by atomic mass is 32.2. The molecule has 0 bridgehead atoms. The van der Waals surface area contributed by atoms with Crippen molar-refractivity contribution in [2.75, 3.05) is 29.9 Å². The van der Waals surface area contributed by atoms with E-state index in [1.54, 1.807) is 43.1 Å². The standard InChI is InChI=1S/C17H22N2O4S2/c1-13-11-14(6-7-16(13)19(2)25(3,21)22)17(20)18-8-10-24-12-15-5-4-9-23-15/h4-7,9,11H,8,10,12H2,1-3H3,(H,18,20). The number of carbonyl (C=O) groups excluding carboxylic acids is 1. The van der Waals surface area contributed by atoms with Gasteiger partial charge in [-0.25, -0.2) is 8.42 Å². The van der Waals surface area contributed by atoms with E-state index in [-0.39, 0.29) is 5.91 Å². The third-order valence-corrected chi connectivity index (χ3v) is 5.83. The lowest BCUT2D eigenvalue weighted by Crippen LogP contribution is -2.27. The fourth-order valence-electron chi connectivity index (χ4n) is 2.23. The molecule has 0 radical (unpaired) electrons. The van der Waals surface area contributed by atoms with Crippen LogP contribution in [-0.2, 0) is 15.8 Å². The second kappa shape index (κ2) is 8.44. The summed E-state index contributed by atoms with van der Waals surface area (Å²) in [5, 5.41) is 2.86. The molecular formula is C17H22N2O4S2. The number of hydrogen-bond donors (Lipinski definition) is 1. The van der Waals surface area contributed by atoms with Crippen LogP contribution < -0.4 is 9.62 Å². The van der Waals surface area contributed by atoms with E-state index in [0.717, 1.165) is 29.1 Å². The summed E-state index contributed by atoms with van der Waals surface area (Å²) in [6.07, 6.45) is 2.79. The Morgan fingerprint density at radius 2 is 2.08 bits per heavy atom. The average Bonchev–Trinajstić information content (AvgIpc) is 3.06. The van der Waals surface area contributed by atoms with Crippen molar-refractivity contribution < 1.29 is 17.6 Å². The molecule has 0 unspecified atom stereocenters. The van der Waals surface area contributed by atoms with E-state index in [4.69, 9.17) is 4.42 Å². The summed E-state index contributed by atoms with van der Waals surface area (Å²) >= 11 is 1.68. The van der Waals surface area contributed by atoms with Gasteiger partial charge in [0.1, 0.15) is 5.76 Å². The normalized spacial score (nSPS) is 11.3. The van der Waals surface area contributed by atoms with Crippen molar-refractivity contribution in [2.45, 2.75) is 12.7 Å². The molecule has 8 heteroatoms. The highest BCUT2D eigenvalue weighted by molar-refractivity contribution is 7.98. The highest BCUT2D eigenvalue weighted by Gasteiger charge is 2.15. The molecule has 2 rings (SSSR count). The predicted molar refractivity (Wildman–Crippen MR) is 102 cm³/mol. The minimum Gasteiger partial charge on any atom is -0.468 e. The smallest absolute Gasteiger partial charge is 0.251 e. The molecule has 1 aromatic heterocycles. The molecule has 0 fully saturated rings. The number of thioether (sulfide) groups is 1. The van der Waals surface area contributed by atoms with Crippen molar-refractivity contribution in [1.82, 2.24) is 5.32 Å². The first-order valence-electron chi connectivity index (χ1n) is 7.72. The predicted octanol–water partition coefficient (Wildman–Crippen LogP) is 2.65. The van der Waals surface area contributed by atoms with E-state index in [1.165, 1.54) is 11.4 Å². The Kier molecular flexibility index (Phi) is 6.55. The number of sulfonamides is 1. The van der Waals surface area contributed by atoms with Crippen LogP contribution in [0.2, 0.25) is 0 Å². The van der Waals surface area contributed by atoms with Crippen molar-refractivity contribution in [1.29, 1.82) is 0 Å². The molecule has 0 spiro atoms. The van der Waals surface area contributed by atoms with Crippen LogP contribution in [0.5, 0.6) is 0 Å². The Labute approximate surface area is 152 Å². The van der Waals surface area contributed by atoms with Gasteiger partial charge in [0.25, 0.3) is 5.91 Å². The third kappa shape index (κ3) is 5.54. The number of carbonyl (C=O) groups is 1. The Morgan fingerprint density at radius 1 is 1.32 bits per heavy atom. The molecule has 1 aromatic carbocycles. The molecular weight excluding hydrogens is 360 g/mol.